The zero-order valence-corrected chi connectivity index (χ0v) is 12.7. The van der Waals surface area contributed by atoms with Crippen molar-refractivity contribution in [3.05, 3.63) is 0 Å². The fourth-order valence-electron chi connectivity index (χ4n) is 3.08. The summed E-state index contributed by atoms with van der Waals surface area (Å²) < 4.78 is 5.34. The standard InChI is InChI=1S/C15H26N2O4/c1-14(5-7-21-8-6-14)10-16-13(20)17-11-15(3-2-4-15)9-12(18)19/h2-11H2,1H3,(H,18,19)(H2,16,17,20). The Balaban J connectivity index is 1.70. The van der Waals surface area contributed by atoms with Crippen molar-refractivity contribution < 1.29 is 19.4 Å². The van der Waals surface area contributed by atoms with Crippen molar-refractivity contribution in [1.82, 2.24) is 10.6 Å². The summed E-state index contributed by atoms with van der Waals surface area (Å²) >= 11 is 0. The average Bonchev–Trinajstić information content (AvgIpc) is 2.40. The molecule has 0 atom stereocenters. The zero-order chi connectivity index (χ0) is 15.3. The van der Waals surface area contributed by atoms with Crippen LogP contribution in [0.5, 0.6) is 0 Å². The molecule has 1 saturated heterocycles. The van der Waals surface area contributed by atoms with Gasteiger partial charge < -0.3 is 20.5 Å². The Bertz CT molecular complexity index is 387. The van der Waals surface area contributed by atoms with Gasteiger partial charge in [0.05, 0.1) is 6.42 Å². The Morgan fingerprint density at radius 3 is 2.24 bits per heavy atom. The Morgan fingerprint density at radius 2 is 1.71 bits per heavy atom. The molecule has 2 rings (SSSR count). The van der Waals surface area contributed by atoms with Crippen LogP contribution in [0.1, 0.15) is 45.4 Å². The van der Waals surface area contributed by atoms with Crippen LogP contribution in [-0.2, 0) is 9.53 Å². The number of amides is 2. The first-order chi connectivity index (χ1) is 9.93. The Hall–Kier alpha value is -1.30. The molecule has 0 radical (unpaired) electrons. The van der Waals surface area contributed by atoms with Crippen LogP contribution in [0, 0.1) is 10.8 Å². The highest BCUT2D eigenvalue weighted by atomic mass is 16.5. The van der Waals surface area contributed by atoms with Gasteiger partial charge in [-0.2, -0.15) is 0 Å². The molecule has 0 spiro atoms. The molecule has 0 unspecified atom stereocenters. The number of hydrogen-bond donors (Lipinski definition) is 3. The van der Waals surface area contributed by atoms with Crippen molar-refractivity contribution in [3.8, 4) is 0 Å². The summed E-state index contributed by atoms with van der Waals surface area (Å²) in [6.07, 6.45) is 4.87. The number of ether oxygens (including phenoxy) is 1. The molecule has 1 heterocycles. The van der Waals surface area contributed by atoms with E-state index in [1.54, 1.807) is 0 Å². The van der Waals surface area contributed by atoms with E-state index in [9.17, 15) is 9.59 Å². The van der Waals surface area contributed by atoms with Crippen LogP contribution in [0.3, 0.4) is 0 Å². The number of aliphatic carboxylic acids is 1. The van der Waals surface area contributed by atoms with Crippen molar-refractivity contribution in [2.45, 2.75) is 45.4 Å². The second kappa shape index (κ2) is 6.64. The predicted molar refractivity (Wildman–Crippen MR) is 78.1 cm³/mol. The minimum Gasteiger partial charge on any atom is -0.481 e. The van der Waals surface area contributed by atoms with E-state index in [0.29, 0.717) is 13.1 Å². The lowest BCUT2D eigenvalue weighted by molar-refractivity contribution is -0.141. The van der Waals surface area contributed by atoms with E-state index in [4.69, 9.17) is 9.84 Å². The van der Waals surface area contributed by atoms with Crippen LogP contribution in [-0.4, -0.2) is 43.4 Å². The van der Waals surface area contributed by atoms with E-state index in [0.717, 1.165) is 45.3 Å². The molecular weight excluding hydrogens is 272 g/mol. The molecule has 0 bridgehead atoms. The molecule has 3 N–H and O–H groups in total. The van der Waals surface area contributed by atoms with Crippen LogP contribution in [0.4, 0.5) is 4.79 Å². The first kappa shape index (κ1) is 16.1. The smallest absolute Gasteiger partial charge is 0.314 e. The molecule has 0 aromatic rings. The summed E-state index contributed by atoms with van der Waals surface area (Å²) in [6.45, 7) is 4.75. The summed E-state index contributed by atoms with van der Waals surface area (Å²) in [5.41, 5.74) is -0.128. The maximum absolute atomic E-state index is 11.9. The van der Waals surface area contributed by atoms with Crippen molar-refractivity contribution in [1.29, 1.82) is 0 Å². The molecule has 21 heavy (non-hydrogen) atoms. The van der Waals surface area contributed by atoms with Gasteiger partial charge in [-0.1, -0.05) is 13.3 Å². The van der Waals surface area contributed by atoms with E-state index in [-0.39, 0.29) is 23.3 Å². The van der Waals surface area contributed by atoms with E-state index >= 15 is 0 Å². The number of urea groups is 1. The molecule has 6 nitrogen and oxygen atoms in total. The Labute approximate surface area is 125 Å². The van der Waals surface area contributed by atoms with Gasteiger partial charge >= 0.3 is 12.0 Å². The summed E-state index contributed by atoms with van der Waals surface area (Å²) in [5, 5.41) is 14.7. The largest absolute Gasteiger partial charge is 0.481 e. The molecule has 1 saturated carbocycles. The lowest BCUT2D eigenvalue weighted by atomic mass is 9.66. The molecule has 2 amide bonds. The molecule has 1 aliphatic heterocycles. The molecule has 1 aliphatic carbocycles. The maximum atomic E-state index is 11.9. The van der Waals surface area contributed by atoms with Gasteiger partial charge in [0.1, 0.15) is 0 Å². The van der Waals surface area contributed by atoms with Gasteiger partial charge in [-0.3, -0.25) is 4.79 Å². The number of rotatable bonds is 6. The van der Waals surface area contributed by atoms with Gasteiger partial charge in [0.2, 0.25) is 0 Å². The minimum absolute atomic E-state index is 0.102. The highest BCUT2D eigenvalue weighted by molar-refractivity contribution is 5.74. The molecular formula is C15H26N2O4. The summed E-state index contributed by atoms with van der Waals surface area (Å²) in [7, 11) is 0. The second-order valence-electron chi connectivity index (χ2n) is 6.88. The summed E-state index contributed by atoms with van der Waals surface area (Å²) in [5.74, 6) is -0.786. The van der Waals surface area contributed by atoms with Crippen molar-refractivity contribution in [2.24, 2.45) is 10.8 Å². The number of hydrogen-bond acceptors (Lipinski definition) is 3. The SMILES string of the molecule is CC1(CNC(=O)NCC2(CC(=O)O)CCC2)CCOCC1. The Morgan fingerprint density at radius 1 is 1.10 bits per heavy atom. The quantitative estimate of drug-likeness (QED) is 0.697. The van der Waals surface area contributed by atoms with Gasteiger partial charge in [-0.05, 0) is 36.5 Å². The minimum atomic E-state index is -0.786. The van der Waals surface area contributed by atoms with E-state index in [2.05, 4.69) is 17.6 Å². The molecule has 6 heteroatoms. The van der Waals surface area contributed by atoms with Gasteiger partial charge in [-0.25, -0.2) is 4.79 Å². The molecule has 2 fully saturated rings. The van der Waals surface area contributed by atoms with Crippen LogP contribution >= 0.6 is 0 Å². The van der Waals surface area contributed by atoms with Gasteiger partial charge in [0.25, 0.3) is 0 Å². The third-order valence-corrected chi connectivity index (χ3v) is 4.94. The maximum Gasteiger partial charge on any atom is 0.314 e. The number of carboxylic acid groups (broad SMARTS) is 1. The number of carboxylic acids is 1. The van der Waals surface area contributed by atoms with Crippen LogP contribution in [0.25, 0.3) is 0 Å². The Kier molecular flexibility index (Phi) is 5.08. The normalized spacial score (nSPS) is 22.9. The van der Waals surface area contributed by atoms with Crippen molar-refractivity contribution >= 4 is 12.0 Å². The molecule has 0 aromatic heterocycles. The van der Waals surface area contributed by atoms with Crippen LogP contribution in [0.2, 0.25) is 0 Å². The van der Waals surface area contributed by atoms with E-state index in [1.165, 1.54) is 0 Å². The molecule has 120 valence electrons. The van der Waals surface area contributed by atoms with E-state index in [1.807, 2.05) is 0 Å². The molecule has 2 aliphatic rings. The van der Waals surface area contributed by atoms with Crippen LogP contribution < -0.4 is 10.6 Å². The number of carbonyl (C=O) groups is 2. The fourth-order valence-corrected chi connectivity index (χ4v) is 3.08. The van der Waals surface area contributed by atoms with Gasteiger partial charge in [0, 0.05) is 26.3 Å². The topological polar surface area (TPSA) is 87.7 Å². The summed E-state index contributed by atoms with van der Waals surface area (Å²) in [4.78, 5) is 22.8. The first-order valence-electron chi connectivity index (χ1n) is 7.74. The van der Waals surface area contributed by atoms with Crippen molar-refractivity contribution in [3.63, 3.8) is 0 Å². The third-order valence-electron chi connectivity index (χ3n) is 4.94. The summed E-state index contributed by atoms with van der Waals surface area (Å²) in [6, 6.07) is -0.195. The first-order valence-corrected chi connectivity index (χ1v) is 7.74. The highest BCUT2D eigenvalue weighted by Gasteiger charge is 2.39. The third kappa shape index (κ3) is 4.59. The van der Waals surface area contributed by atoms with Gasteiger partial charge in [0.15, 0.2) is 0 Å². The number of carbonyl (C=O) groups excluding carboxylic acids is 1. The molecule has 0 aromatic carbocycles. The predicted octanol–water partition coefficient (Wildman–Crippen LogP) is 1.75. The van der Waals surface area contributed by atoms with E-state index < -0.39 is 5.97 Å². The van der Waals surface area contributed by atoms with Gasteiger partial charge in [-0.15, -0.1) is 0 Å². The van der Waals surface area contributed by atoms with Crippen molar-refractivity contribution in [2.75, 3.05) is 26.3 Å². The average molecular weight is 298 g/mol. The lowest BCUT2D eigenvalue weighted by Gasteiger charge is -2.41. The second-order valence-corrected chi connectivity index (χ2v) is 6.88. The zero-order valence-electron chi connectivity index (χ0n) is 12.7. The fraction of sp³-hybridized carbons (Fsp3) is 0.867. The highest BCUT2D eigenvalue weighted by Crippen LogP contribution is 2.43. The van der Waals surface area contributed by atoms with Crippen LogP contribution in [0.15, 0.2) is 0 Å². The lowest BCUT2D eigenvalue weighted by Crippen LogP contribution is -2.48. The number of nitrogens with one attached hydrogen (secondary N) is 2. The monoisotopic (exact) mass is 298 g/mol.